The van der Waals surface area contributed by atoms with Gasteiger partial charge in [-0.05, 0) is 49.4 Å². The minimum atomic E-state index is -1.33. The van der Waals surface area contributed by atoms with Gasteiger partial charge in [-0.25, -0.2) is 0 Å². The maximum atomic E-state index is 13.5. The maximum Gasteiger partial charge on any atom is 0.306 e. The summed E-state index contributed by atoms with van der Waals surface area (Å²) in [7, 11) is 0. The molecule has 0 fully saturated rings. The Bertz CT molecular complexity index is 1060. The topological polar surface area (TPSA) is 223 Å². The number of carboxylic acid groups (broad SMARTS) is 1. The molecule has 48 heavy (non-hydrogen) atoms. The molecule has 14 nitrogen and oxygen atoms in total. The Morgan fingerprint density at radius 2 is 0.875 bits per heavy atom. The van der Waals surface area contributed by atoms with Gasteiger partial charge >= 0.3 is 5.97 Å². The number of carboxylic acids is 1. The summed E-state index contributed by atoms with van der Waals surface area (Å²) in [6.07, 6.45) is -2.76. The Labute approximate surface area is 286 Å². The number of carbonyl (C=O) groups is 6. The first-order valence-electron chi connectivity index (χ1n) is 17.1. The average Bonchev–Trinajstić information content (AvgIpc) is 2.91. The minimum Gasteiger partial charge on any atom is -0.481 e. The quantitative estimate of drug-likeness (QED) is 0.0825. The number of aliphatic hydroxyl groups is 2. The van der Waals surface area contributed by atoms with Crippen LogP contribution in [0.1, 0.15) is 108 Å². The Hall–Kier alpha value is -3.26. The van der Waals surface area contributed by atoms with E-state index in [0.717, 1.165) is 0 Å². The monoisotopic (exact) mass is 685 g/mol. The van der Waals surface area contributed by atoms with Crippen LogP contribution in [0.2, 0.25) is 0 Å². The van der Waals surface area contributed by atoms with E-state index in [4.69, 9.17) is 5.11 Å². The van der Waals surface area contributed by atoms with Gasteiger partial charge in [0.1, 0.15) is 18.1 Å². The number of aliphatic carboxylic acids is 1. The highest BCUT2D eigenvalue weighted by Crippen LogP contribution is 2.15. The molecule has 14 heteroatoms. The highest BCUT2D eigenvalue weighted by molar-refractivity contribution is 5.92. The second-order valence-corrected chi connectivity index (χ2v) is 14.8. The first-order valence-corrected chi connectivity index (χ1v) is 17.1. The van der Waals surface area contributed by atoms with Crippen molar-refractivity contribution in [3.8, 4) is 0 Å². The fourth-order valence-corrected chi connectivity index (χ4v) is 5.16. The Morgan fingerprint density at radius 3 is 1.29 bits per heavy atom. The number of hydrogen-bond donors (Lipinski definition) is 8. The zero-order valence-electron chi connectivity index (χ0n) is 30.8. The summed E-state index contributed by atoms with van der Waals surface area (Å²) in [6.45, 7) is 19.8. The van der Waals surface area contributed by atoms with E-state index in [-0.39, 0.29) is 41.9 Å². The molecule has 278 valence electrons. The van der Waals surface area contributed by atoms with Crippen LogP contribution in [-0.4, -0.2) is 93.2 Å². The predicted octanol–water partition coefficient (Wildman–Crippen LogP) is 1.47. The van der Waals surface area contributed by atoms with E-state index in [0.29, 0.717) is 12.8 Å². The van der Waals surface area contributed by atoms with Gasteiger partial charge in [0, 0.05) is 6.42 Å². The third-order valence-corrected chi connectivity index (χ3v) is 7.69. The molecule has 0 radical (unpaired) electrons. The van der Waals surface area contributed by atoms with Gasteiger partial charge in [0.25, 0.3) is 0 Å². The van der Waals surface area contributed by atoms with Crippen molar-refractivity contribution in [3.05, 3.63) is 0 Å². The van der Waals surface area contributed by atoms with Crippen molar-refractivity contribution >= 4 is 35.5 Å². The molecule has 0 aromatic heterocycles. The fraction of sp³-hybridized carbons (Fsp3) is 0.824. The van der Waals surface area contributed by atoms with Crippen molar-refractivity contribution in [3.63, 3.8) is 0 Å². The molecule has 0 saturated carbocycles. The Kier molecular flexibility index (Phi) is 20.2. The van der Waals surface area contributed by atoms with Crippen molar-refractivity contribution < 1.29 is 44.1 Å². The molecule has 0 rings (SSSR count). The van der Waals surface area contributed by atoms with Gasteiger partial charge in [-0.2, -0.15) is 0 Å². The second kappa shape index (κ2) is 21.7. The van der Waals surface area contributed by atoms with E-state index in [2.05, 4.69) is 26.6 Å². The van der Waals surface area contributed by atoms with Crippen LogP contribution in [0.3, 0.4) is 0 Å². The van der Waals surface area contributed by atoms with Crippen molar-refractivity contribution in [2.75, 3.05) is 0 Å². The first kappa shape index (κ1) is 44.7. The zero-order valence-corrected chi connectivity index (χ0v) is 30.8. The van der Waals surface area contributed by atoms with Crippen molar-refractivity contribution in [2.45, 2.75) is 151 Å². The van der Waals surface area contributed by atoms with E-state index in [1.165, 1.54) is 6.92 Å². The van der Waals surface area contributed by atoms with Crippen LogP contribution in [0.5, 0.6) is 0 Å². The van der Waals surface area contributed by atoms with Crippen LogP contribution >= 0.6 is 0 Å². The van der Waals surface area contributed by atoms with Crippen molar-refractivity contribution in [1.29, 1.82) is 0 Å². The predicted molar refractivity (Wildman–Crippen MR) is 182 cm³/mol. The minimum absolute atomic E-state index is 0.0152. The Balaban J connectivity index is 5.60. The second-order valence-electron chi connectivity index (χ2n) is 14.8. The summed E-state index contributed by atoms with van der Waals surface area (Å²) >= 11 is 0. The van der Waals surface area contributed by atoms with Crippen LogP contribution < -0.4 is 26.6 Å². The first-order chi connectivity index (χ1) is 22.0. The lowest BCUT2D eigenvalue weighted by atomic mass is 9.95. The summed E-state index contributed by atoms with van der Waals surface area (Å²) < 4.78 is 0. The summed E-state index contributed by atoms with van der Waals surface area (Å²) in [5, 5.41) is 43.9. The van der Waals surface area contributed by atoms with Crippen LogP contribution in [0, 0.1) is 29.6 Å². The van der Waals surface area contributed by atoms with Crippen molar-refractivity contribution in [2.24, 2.45) is 29.6 Å². The number of nitrogens with one attached hydrogen (secondary N) is 5. The van der Waals surface area contributed by atoms with E-state index in [1.807, 2.05) is 41.5 Å². The van der Waals surface area contributed by atoms with E-state index < -0.39 is 84.9 Å². The average molecular weight is 686 g/mol. The lowest BCUT2D eigenvalue weighted by Gasteiger charge is -2.31. The van der Waals surface area contributed by atoms with Crippen molar-refractivity contribution in [1.82, 2.24) is 26.6 Å². The smallest absolute Gasteiger partial charge is 0.306 e. The molecule has 0 saturated heterocycles. The highest BCUT2D eigenvalue weighted by atomic mass is 16.4. The summed E-state index contributed by atoms with van der Waals surface area (Å²) in [6, 6.07) is -4.61. The van der Waals surface area contributed by atoms with E-state index in [9.17, 15) is 39.0 Å². The lowest BCUT2D eigenvalue weighted by Crippen LogP contribution is -2.59. The van der Waals surface area contributed by atoms with Gasteiger partial charge in [-0.1, -0.05) is 69.2 Å². The van der Waals surface area contributed by atoms with Gasteiger partial charge in [0.15, 0.2) is 0 Å². The summed E-state index contributed by atoms with van der Waals surface area (Å²) in [5.74, 6) is -4.25. The van der Waals surface area contributed by atoms with Gasteiger partial charge < -0.3 is 41.9 Å². The summed E-state index contributed by atoms with van der Waals surface area (Å²) in [5.41, 5.74) is 0. The molecule has 7 atom stereocenters. The molecule has 5 amide bonds. The molecule has 0 aromatic rings. The Morgan fingerprint density at radius 1 is 0.479 bits per heavy atom. The molecule has 0 heterocycles. The largest absolute Gasteiger partial charge is 0.481 e. The van der Waals surface area contributed by atoms with Gasteiger partial charge in [-0.15, -0.1) is 0 Å². The lowest BCUT2D eigenvalue weighted by molar-refractivity contribution is -0.140. The van der Waals surface area contributed by atoms with Crippen LogP contribution in [-0.2, 0) is 28.8 Å². The molecular weight excluding hydrogens is 622 g/mol. The van der Waals surface area contributed by atoms with Gasteiger partial charge in [0.05, 0.1) is 37.1 Å². The molecule has 0 unspecified atom stereocenters. The number of carbonyl (C=O) groups excluding carboxylic acids is 5. The highest BCUT2D eigenvalue weighted by Gasteiger charge is 2.34. The van der Waals surface area contributed by atoms with E-state index >= 15 is 0 Å². The van der Waals surface area contributed by atoms with E-state index in [1.54, 1.807) is 27.7 Å². The molecule has 0 aromatic carbocycles. The standard InChI is InChI=1S/C34H63N5O9/c1-17(2)12-23(37-33(47)31(21(9)10)39-34(48)30(20(7)8)38-27(42)14-19(5)6)25(40)15-28(43)35-22(11)32(46)36-24(13-18(3)4)26(41)16-29(44)45/h17-26,30-31,40-41H,12-16H2,1-11H3,(H,35,43)(H,36,46)(H,37,47)(H,38,42)(H,39,48)(H,44,45)/t22-,23-,24-,25-,26-,30-,31+/m0/s1. The van der Waals surface area contributed by atoms with Gasteiger partial charge in [-0.3, -0.25) is 28.8 Å². The number of rotatable bonds is 22. The third kappa shape index (κ3) is 17.8. The van der Waals surface area contributed by atoms with Crippen LogP contribution in [0.4, 0.5) is 0 Å². The summed E-state index contributed by atoms with van der Waals surface area (Å²) in [4.78, 5) is 75.9. The molecular formula is C34H63N5O9. The molecule has 0 aliphatic rings. The maximum absolute atomic E-state index is 13.5. The molecule has 8 N–H and O–H groups in total. The fourth-order valence-electron chi connectivity index (χ4n) is 5.16. The molecule has 0 bridgehead atoms. The molecule has 0 spiro atoms. The third-order valence-electron chi connectivity index (χ3n) is 7.69. The number of hydrogen-bond acceptors (Lipinski definition) is 8. The normalized spacial score (nSPS) is 16.1. The van der Waals surface area contributed by atoms with Crippen LogP contribution in [0.15, 0.2) is 0 Å². The SMILES string of the molecule is CC(C)CC(=O)N[C@H](C(=O)N[C@@H](C(=O)N[C@@H](CC(C)C)[C@@H](O)CC(=O)N[C@@H](C)C(=O)N[C@@H](CC(C)C)[C@@H](O)CC(=O)O)C(C)C)C(C)C. The molecule has 0 aliphatic carbocycles. The molecule has 0 aliphatic heterocycles. The number of aliphatic hydroxyl groups excluding tert-OH is 2. The van der Waals surface area contributed by atoms with Crippen LogP contribution in [0.25, 0.3) is 0 Å². The zero-order chi connectivity index (χ0) is 37.5. The number of amides is 5. The van der Waals surface area contributed by atoms with Gasteiger partial charge in [0.2, 0.25) is 29.5 Å².